The highest BCUT2D eigenvalue weighted by Gasteiger charge is 2.47. The molecule has 6 rings (SSSR count). The van der Waals surface area contributed by atoms with E-state index in [1.165, 1.54) is 12.1 Å². The van der Waals surface area contributed by atoms with Crippen LogP contribution in [0.15, 0.2) is 65.2 Å². The van der Waals surface area contributed by atoms with Crippen LogP contribution < -0.4 is 9.62 Å². The van der Waals surface area contributed by atoms with E-state index in [0.717, 1.165) is 48.1 Å². The van der Waals surface area contributed by atoms with Gasteiger partial charge in [-0.1, -0.05) is 18.9 Å². The largest absolute Gasteiger partial charge is 0.456 e. The maximum Gasteiger partial charge on any atom is 0.226 e. The van der Waals surface area contributed by atoms with Crippen LogP contribution in [0.5, 0.6) is 0 Å². The second-order valence-electron chi connectivity index (χ2n) is 10.8. The number of carbonyl (C=O) groups is 1. The summed E-state index contributed by atoms with van der Waals surface area (Å²) in [5, 5.41) is 14.7. The van der Waals surface area contributed by atoms with Crippen molar-refractivity contribution >= 4 is 35.4 Å². The zero-order valence-corrected chi connectivity index (χ0v) is 23.4. The minimum Gasteiger partial charge on any atom is -0.456 e. The third-order valence-electron chi connectivity index (χ3n) is 8.23. The fourth-order valence-electron chi connectivity index (χ4n) is 6.06. The Labute approximate surface area is 238 Å². The van der Waals surface area contributed by atoms with Crippen molar-refractivity contribution in [3.05, 3.63) is 83.4 Å². The number of aromatic nitrogens is 1. The first-order valence-corrected chi connectivity index (χ1v) is 14.1. The van der Waals surface area contributed by atoms with Gasteiger partial charge in [0.15, 0.2) is 0 Å². The van der Waals surface area contributed by atoms with Gasteiger partial charge in [-0.15, -0.1) is 0 Å². The van der Waals surface area contributed by atoms with Crippen LogP contribution >= 0.6 is 12.8 Å². The van der Waals surface area contributed by atoms with Gasteiger partial charge in [0.1, 0.15) is 23.4 Å². The first-order valence-electron chi connectivity index (χ1n) is 13.7. The number of nitrogens with one attached hydrogen (secondary N) is 1. The Morgan fingerprint density at radius 2 is 2.05 bits per heavy atom. The fraction of sp³-hybridized carbons (Fsp3) is 0.355. The average Bonchev–Trinajstić information content (AvgIpc) is 3.70. The molecule has 0 bridgehead atoms. The Morgan fingerprint density at radius 1 is 1.25 bits per heavy atom. The minimum atomic E-state index is -0.989. The van der Waals surface area contributed by atoms with Crippen molar-refractivity contribution in [1.29, 1.82) is 0 Å². The molecule has 3 unspecified atom stereocenters. The van der Waals surface area contributed by atoms with Crippen molar-refractivity contribution in [2.24, 2.45) is 5.92 Å². The SMILES string of the molecule is CNC(O)c1c(-c2ccc(F)cc2)oc2cc(N(C)S)c([C@@H]3CCCN(C(=O)C4CC4c4ccccn4)C3)cc12. The van der Waals surface area contributed by atoms with Gasteiger partial charge < -0.3 is 18.7 Å². The molecule has 4 aromatic rings. The maximum atomic E-state index is 13.6. The standard InChI is InChI=1S/C31H33FN4O3S/c1-33-30(37)28-24-14-21(26(35(2)40)16-27(24)39-29(28)18-8-10-20(32)11-9-18)19-6-5-13-36(17-19)31(38)23-15-22(23)25-7-3-4-12-34-25/h3-4,7-12,14,16,19,22-23,30,33,37,40H,5-6,13,15,17H2,1-2H3/t19-,22?,23?,30?/m1/s1. The van der Waals surface area contributed by atoms with E-state index < -0.39 is 6.23 Å². The number of furan rings is 1. The summed E-state index contributed by atoms with van der Waals surface area (Å²) in [6.07, 6.45) is 3.49. The molecular formula is C31H33FN4O3S. The first-order chi connectivity index (χ1) is 19.4. The van der Waals surface area contributed by atoms with Gasteiger partial charge in [0.25, 0.3) is 0 Å². The normalized spacial score (nSPS) is 21.4. The number of aliphatic hydroxyl groups excluding tert-OH is 1. The van der Waals surface area contributed by atoms with Crippen molar-refractivity contribution in [2.75, 3.05) is 31.5 Å². The van der Waals surface area contributed by atoms with Gasteiger partial charge in [0, 0.05) is 72.4 Å². The fourth-order valence-corrected chi connectivity index (χ4v) is 6.24. The molecule has 2 aliphatic rings. The van der Waals surface area contributed by atoms with Crippen molar-refractivity contribution in [1.82, 2.24) is 15.2 Å². The number of hydrogen-bond donors (Lipinski definition) is 3. The zero-order valence-electron chi connectivity index (χ0n) is 22.5. The van der Waals surface area contributed by atoms with Gasteiger partial charge in [-0.2, -0.15) is 0 Å². The average molecular weight is 561 g/mol. The summed E-state index contributed by atoms with van der Waals surface area (Å²) in [7, 11) is 3.55. The summed E-state index contributed by atoms with van der Waals surface area (Å²) in [5.41, 5.74) is 4.80. The molecule has 2 N–H and O–H groups in total. The number of fused-ring (bicyclic) bond motifs is 1. The third-order valence-corrected chi connectivity index (χ3v) is 8.44. The van der Waals surface area contributed by atoms with E-state index in [1.807, 2.05) is 36.2 Å². The lowest BCUT2D eigenvalue weighted by atomic mass is 9.87. The number of hydrogen-bond acceptors (Lipinski definition) is 7. The van der Waals surface area contributed by atoms with E-state index >= 15 is 0 Å². The number of rotatable bonds is 7. The molecular weight excluding hydrogens is 527 g/mol. The van der Waals surface area contributed by atoms with Crippen molar-refractivity contribution in [3.8, 4) is 11.3 Å². The lowest BCUT2D eigenvalue weighted by Crippen LogP contribution is -2.40. The summed E-state index contributed by atoms with van der Waals surface area (Å²) in [4.78, 5) is 20.0. The van der Waals surface area contributed by atoms with Gasteiger partial charge in [-0.05, 0) is 74.3 Å². The molecule has 0 radical (unpaired) electrons. The van der Waals surface area contributed by atoms with E-state index in [1.54, 1.807) is 29.7 Å². The Hall–Kier alpha value is -3.40. The van der Waals surface area contributed by atoms with Crippen LogP contribution in [-0.2, 0) is 4.79 Å². The summed E-state index contributed by atoms with van der Waals surface area (Å²) >= 11 is 4.63. The van der Waals surface area contributed by atoms with Gasteiger partial charge >= 0.3 is 0 Å². The summed E-state index contributed by atoms with van der Waals surface area (Å²) < 4.78 is 21.7. The quantitative estimate of drug-likeness (QED) is 0.201. The molecule has 208 valence electrons. The minimum absolute atomic E-state index is 0.00678. The van der Waals surface area contributed by atoms with Crippen LogP contribution in [-0.4, -0.2) is 48.1 Å². The number of thiol groups is 1. The maximum absolute atomic E-state index is 13.6. The summed E-state index contributed by atoms with van der Waals surface area (Å²) in [5.74, 6) is 0.638. The van der Waals surface area contributed by atoms with Crippen molar-refractivity contribution < 1.29 is 18.7 Å². The molecule has 3 heterocycles. The third kappa shape index (κ3) is 4.98. The number of carbonyl (C=O) groups excluding carboxylic acids is 1. The topological polar surface area (TPSA) is 81.8 Å². The molecule has 9 heteroatoms. The first kappa shape index (κ1) is 26.8. The van der Waals surface area contributed by atoms with E-state index in [4.69, 9.17) is 4.42 Å². The van der Waals surface area contributed by atoms with Crippen LogP contribution in [0.25, 0.3) is 22.3 Å². The number of likely N-dealkylation sites (tertiary alicyclic amines) is 1. The number of piperidine rings is 1. The highest BCUT2D eigenvalue weighted by Crippen LogP contribution is 2.49. The lowest BCUT2D eigenvalue weighted by Gasteiger charge is -2.35. The number of nitrogens with zero attached hydrogens (tertiary/aromatic N) is 3. The molecule has 1 saturated heterocycles. The summed E-state index contributed by atoms with van der Waals surface area (Å²) in [6.45, 7) is 1.37. The number of amides is 1. The molecule has 4 atom stereocenters. The van der Waals surface area contributed by atoms with Crippen LogP contribution in [0.4, 0.5) is 10.1 Å². The number of aliphatic hydroxyl groups is 1. The predicted molar refractivity (Wildman–Crippen MR) is 157 cm³/mol. The number of benzene rings is 2. The molecule has 1 aliphatic heterocycles. The zero-order chi connectivity index (χ0) is 28.0. The number of anilines is 1. The lowest BCUT2D eigenvalue weighted by molar-refractivity contribution is -0.133. The van der Waals surface area contributed by atoms with E-state index in [-0.39, 0.29) is 29.5 Å². The second kappa shape index (κ2) is 10.9. The molecule has 1 amide bonds. The van der Waals surface area contributed by atoms with Gasteiger partial charge in [0.2, 0.25) is 5.91 Å². The Kier molecular flexibility index (Phi) is 7.29. The highest BCUT2D eigenvalue weighted by atomic mass is 32.1. The van der Waals surface area contributed by atoms with Gasteiger partial charge in [-0.25, -0.2) is 4.39 Å². The molecule has 1 aliphatic carbocycles. The van der Waals surface area contributed by atoms with E-state index in [0.29, 0.717) is 29.0 Å². The Morgan fingerprint density at radius 3 is 2.75 bits per heavy atom. The molecule has 7 nitrogen and oxygen atoms in total. The molecule has 2 aromatic carbocycles. The van der Waals surface area contributed by atoms with Crippen LogP contribution in [0.1, 0.15) is 54.1 Å². The summed E-state index contributed by atoms with van der Waals surface area (Å²) in [6, 6.07) is 15.9. The van der Waals surface area contributed by atoms with Crippen LogP contribution in [0.2, 0.25) is 0 Å². The Balaban J connectivity index is 1.34. The van der Waals surface area contributed by atoms with Crippen molar-refractivity contribution in [2.45, 2.75) is 37.3 Å². The van der Waals surface area contributed by atoms with Gasteiger partial charge in [-0.3, -0.25) is 15.1 Å². The van der Waals surface area contributed by atoms with E-state index in [9.17, 15) is 14.3 Å². The number of halogens is 1. The molecule has 40 heavy (non-hydrogen) atoms. The molecule has 2 fully saturated rings. The number of pyridine rings is 1. The highest BCUT2D eigenvalue weighted by molar-refractivity contribution is 7.81. The molecule has 2 aromatic heterocycles. The van der Waals surface area contributed by atoms with Crippen LogP contribution in [0.3, 0.4) is 0 Å². The monoisotopic (exact) mass is 560 g/mol. The Bertz CT molecular complexity index is 1530. The smallest absolute Gasteiger partial charge is 0.226 e. The van der Waals surface area contributed by atoms with Crippen molar-refractivity contribution in [3.63, 3.8) is 0 Å². The van der Waals surface area contributed by atoms with E-state index in [2.05, 4.69) is 29.2 Å². The molecule has 1 saturated carbocycles. The van der Waals surface area contributed by atoms with Gasteiger partial charge in [0.05, 0.1) is 5.69 Å². The van der Waals surface area contributed by atoms with Crippen LogP contribution in [0, 0.1) is 11.7 Å². The predicted octanol–water partition coefficient (Wildman–Crippen LogP) is 5.63. The molecule has 0 spiro atoms. The second-order valence-corrected chi connectivity index (χ2v) is 11.4.